The number of piperidine rings is 1. The van der Waals surface area contributed by atoms with E-state index in [0.29, 0.717) is 11.7 Å². The minimum absolute atomic E-state index is 0.655. The highest BCUT2D eigenvalue weighted by atomic mass is 15.4. The molecule has 2 aromatic heterocycles. The van der Waals surface area contributed by atoms with Gasteiger partial charge in [0.15, 0.2) is 0 Å². The van der Waals surface area contributed by atoms with Crippen LogP contribution in [0.15, 0.2) is 36.7 Å². The number of rotatable bonds is 2. The van der Waals surface area contributed by atoms with Crippen molar-refractivity contribution in [2.24, 2.45) is 0 Å². The number of hydrogen-bond donors (Lipinski definition) is 0. The first-order valence-electron chi connectivity index (χ1n) is 8.21. The molecule has 1 aliphatic heterocycles. The van der Waals surface area contributed by atoms with Gasteiger partial charge in [-0.3, -0.25) is 0 Å². The molecule has 23 heavy (non-hydrogen) atoms. The van der Waals surface area contributed by atoms with Gasteiger partial charge in [0.2, 0.25) is 0 Å². The smallest absolute Gasteiger partial charge is 0.254 e. The molecule has 3 aromatic rings. The molecule has 1 fully saturated rings. The van der Waals surface area contributed by atoms with Crippen LogP contribution in [-0.4, -0.2) is 32.7 Å². The summed E-state index contributed by atoms with van der Waals surface area (Å²) < 4.78 is 1.88. The summed E-state index contributed by atoms with van der Waals surface area (Å²) in [6.45, 7) is 6.25. The second kappa shape index (κ2) is 5.65. The van der Waals surface area contributed by atoms with E-state index < -0.39 is 0 Å². The normalized spacial score (nSPS) is 16.2. The highest BCUT2D eigenvalue weighted by Crippen LogP contribution is 2.32. The average Bonchev–Trinajstić information content (AvgIpc) is 3.05. The maximum atomic E-state index is 4.52. The zero-order valence-electron chi connectivity index (χ0n) is 13.6. The number of nitrogens with zero attached hydrogens (tertiary/aromatic N) is 5. The first kappa shape index (κ1) is 14.2. The highest BCUT2D eigenvalue weighted by Gasteiger charge is 2.24. The Bertz CT molecular complexity index is 816. The summed E-state index contributed by atoms with van der Waals surface area (Å²) in [7, 11) is 0. The number of anilines is 1. The van der Waals surface area contributed by atoms with E-state index >= 15 is 0 Å². The van der Waals surface area contributed by atoms with Gasteiger partial charge >= 0.3 is 0 Å². The zero-order chi connectivity index (χ0) is 15.8. The molecular weight excluding hydrogens is 286 g/mol. The van der Waals surface area contributed by atoms with Crippen molar-refractivity contribution in [3.05, 3.63) is 53.5 Å². The van der Waals surface area contributed by atoms with Crippen LogP contribution in [0.3, 0.4) is 0 Å². The molecule has 0 saturated carbocycles. The van der Waals surface area contributed by atoms with Gasteiger partial charge in [-0.1, -0.05) is 30.3 Å². The molecule has 0 atom stereocenters. The van der Waals surface area contributed by atoms with Crippen molar-refractivity contribution in [3.63, 3.8) is 0 Å². The van der Waals surface area contributed by atoms with Crippen molar-refractivity contribution in [2.75, 3.05) is 18.0 Å². The van der Waals surface area contributed by atoms with Crippen molar-refractivity contribution >= 4 is 11.6 Å². The van der Waals surface area contributed by atoms with E-state index in [1.807, 2.05) is 11.4 Å². The molecule has 0 N–H and O–H groups in total. The number of benzene rings is 1. The topological polar surface area (TPSA) is 46.3 Å². The molecule has 4 rings (SSSR count). The molecule has 5 nitrogen and oxygen atoms in total. The van der Waals surface area contributed by atoms with Crippen LogP contribution in [0.4, 0.5) is 5.82 Å². The van der Waals surface area contributed by atoms with Gasteiger partial charge in [0, 0.05) is 24.3 Å². The van der Waals surface area contributed by atoms with Crippen molar-refractivity contribution < 1.29 is 0 Å². The Labute approximate surface area is 136 Å². The minimum Gasteiger partial charge on any atom is -0.356 e. The van der Waals surface area contributed by atoms with Crippen molar-refractivity contribution in [3.8, 4) is 0 Å². The third-order valence-corrected chi connectivity index (χ3v) is 4.94. The lowest BCUT2D eigenvalue weighted by atomic mass is 9.89. The van der Waals surface area contributed by atoms with Crippen LogP contribution in [-0.2, 0) is 0 Å². The third-order valence-electron chi connectivity index (χ3n) is 4.94. The monoisotopic (exact) mass is 307 g/mol. The number of aryl methyl sites for hydroxylation is 1. The quantitative estimate of drug-likeness (QED) is 0.730. The molecular formula is C18H21N5. The van der Waals surface area contributed by atoms with Crippen LogP contribution < -0.4 is 4.90 Å². The Morgan fingerprint density at radius 2 is 1.78 bits per heavy atom. The Balaban J connectivity index is 1.62. The van der Waals surface area contributed by atoms with Crippen LogP contribution in [0.25, 0.3) is 5.78 Å². The molecule has 5 heteroatoms. The minimum atomic E-state index is 0.655. The van der Waals surface area contributed by atoms with Gasteiger partial charge in [-0.15, -0.1) is 0 Å². The number of aromatic nitrogens is 4. The number of fused-ring (bicyclic) bond motifs is 1. The molecule has 0 aliphatic carbocycles. The van der Waals surface area contributed by atoms with E-state index in [9.17, 15) is 0 Å². The van der Waals surface area contributed by atoms with Gasteiger partial charge in [-0.05, 0) is 38.2 Å². The fourth-order valence-electron chi connectivity index (χ4n) is 3.54. The van der Waals surface area contributed by atoms with E-state index in [2.05, 4.69) is 57.2 Å². The predicted molar refractivity (Wildman–Crippen MR) is 90.9 cm³/mol. The standard InChI is InChI=1S/C18H21N5/c1-13-14(2)21-18-19-12-20-23(18)17(13)22-10-8-16(9-11-22)15-6-4-3-5-7-15/h3-7,12,16H,8-11H2,1-2H3. The fraction of sp³-hybridized carbons (Fsp3) is 0.389. The van der Waals surface area contributed by atoms with Crippen LogP contribution in [0.1, 0.15) is 35.6 Å². The molecule has 1 saturated heterocycles. The van der Waals surface area contributed by atoms with Crippen LogP contribution in [0, 0.1) is 13.8 Å². The molecule has 1 aromatic carbocycles. The maximum absolute atomic E-state index is 4.52. The van der Waals surface area contributed by atoms with Crippen LogP contribution >= 0.6 is 0 Å². The molecule has 0 unspecified atom stereocenters. The van der Waals surface area contributed by atoms with Gasteiger partial charge in [-0.25, -0.2) is 4.98 Å². The van der Waals surface area contributed by atoms with E-state index in [1.54, 1.807) is 6.33 Å². The predicted octanol–water partition coefficient (Wildman–Crippen LogP) is 3.13. The zero-order valence-corrected chi connectivity index (χ0v) is 13.6. The Hall–Kier alpha value is -2.43. The summed E-state index contributed by atoms with van der Waals surface area (Å²) in [4.78, 5) is 11.2. The molecule has 118 valence electrons. The van der Waals surface area contributed by atoms with Crippen molar-refractivity contribution in [1.82, 2.24) is 19.6 Å². The molecule has 3 heterocycles. The van der Waals surface area contributed by atoms with E-state index in [4.69, 9.17) is 0 Å². The van der Waals surface area contributed by atoms with E-state index in [0.717, 1.165) is 24.6 Å². The van der Waals surface area contributed by atoms with Gasteiger partial charge in [0.25, 0.3) is 5.78 Å². The van der Waals surface area contributed by atoms with Gasteiger partial charge in [-0.2, -0.15) is 14.6 Å². The Morgan fingerprint density at radius 1 is 1.04 bits per heavy atom. The lowest BCUT2D eigenvalue weighted by Crippen LogP contribution is -2.35. The van der Waals surface area contributed by atoms with Gasteiger partial charge in [0.1, 0.15) is 12.1 Å². The lowest BCUT2D eigenvalue weighted by molar-refractivity contribution is 0.499. The lowest BCUT2D eigenvalue weighted by Gasteiger charge is -2.34. The summed E-state index contributed by atoms with van der Waals surface area (Å²) in [5.74, 6) is 2.49. The second-order valence-corrected chi connectivity index (χ2v) is 6.29. The summed E-state index contributed by atoms with van der Waals surface area (Å²) in [6.07, 6.45) is 3.92. The molecule has 0 bridgehead atoms. The van der Waals surface area contributed by atoms with Crippen LogP contribution in [0.2, 0.25) is 0 Å². The molecule has 1 aliphatic rings. The second-order valence-electron chi connectivity index (χ2n) is 6.29. The van der Waals surface area contributed by atoms with Gasteiger partial charge < -0.3 is 4.90 Å². The Morgan fingerprint density at radius 3 is 2.52 bits per heavy atom. The molecule has 0 amide bonds. The largest absolute Gasteiger partial charge is 0.356 e. The highest BCUT2D eigenvalue weighted by molar-refractivity contribution is 5.54. The first-order chi connectivity index (χ1) is 11.2. The van der Waals surface area contributed by atoms with Crippen LogP contribution in [0.5, 0.6) is 0 Å². The fourth-order valence-corrected chi connectivity index (χ4v) is 3.54. The summed E-state index contributed by atoms with van der Waals surface area (Å²) in [5, 5.41) is 4.37. The first-order valence-corrected chi connectivity index (χ1v) is 8.21. The number of hydrogen-bond acceptors (Lipinski definition) is 4. The summed E-state index contributed by atoms with van der Waals surface area (Å²) >= 11 is 0. The van der Waals surface area contributed by atoms with Crippen molar-refractivity contribution in [1.29, 1.82) is 0 Å². The van der Waals surface area contributed by atoms with E-state index in [-0.39, 0.29) is 0 Å². The SMILES string of the molecule is Cc1nc2ncnn2c(N2CCC(c3ccccc3)CC2)c1C. The van der Waals surface area contributed by atoms with Crippen molar-refractivity contribution in [2.45, 2.75) is 32.6 Å². The molecule has 0 spiro atoms. The Kier molecular flexibility index (Phi) is 3.48. The molecule has 0 radical (unpaired) electrons. The van der Waals surface area contributed by atoms with Gasteiger partial charge in [0.05, 0.1) is 0 Å². The summed E-state index contributed by atoms with van der Waals surface area (Å²) in [6, 6.07) is 10.9. The maximum Gasteiger partial charge on any atom is 0.254 e. The third kappa shape index (κ3) is 2.46. The van der Waals surface area contributed by atoms with E-state index in [1.165, 1.54) is 24.0 Å². The average molecular weight is 307 g/mol. The summed E-state index contributed by atoms with van der Waals surface area (Å²) in [5.41, 5.74) is 3.69.